The Morgan fingerprint density at radius 3 is 1.79 bits per heavy atom. The highest BCUT2D eigenvalue weighted by molar-refractivity contribution is 6.38. The molecule has 10 aromatic carbocycles. The third kappa shape index (κ3) is 4.35. The highest BCUT2D eigenvalue weighted by atomic mass is 15.2. The molecule has 0 spiro atoms. The minimum Gasteiger partial charge on any atom is -0.309 e. The molecule has 0 aliphatic heterocycles. The number of para-hydroxylation sites is 1. The number of hydrogen-bond acceptors (Lipinski definition) is 2. The van der Waals surface area contributed by atoms with Crippen molar-refractivity contribution in [1.82, 2.24) is 23.5 Å². The van der Waals surface area contributed by atoms with Gasteiger partial charge in [-0.3, -0.25) is 4.57 Å². The average Bonchev–Trinajstić information content (AvgIpc) is 3.96. The molecule has 0 amide bonds. The van der Waals surface area contributed by atoms with E-state index in [1.807, 2.05) is 0 Å². The summed E-state index contributed by atoms with van der Waals surface area (Å²) < 4.78 is 7.32. The van der Waals surface area contributed by atoms with Gasteiger partial charge in [-0.2, -0.15) is 0 Å². The maximum absolute atomic E-state index is 5.63. The molecule has 5 heterocycles. The van der Waals surface area contributed by atoms with Crippen LogP contribution in [0, 0.1) is 0 Å². The number of benzene rings is 10. The highest BCUT2D eigenvalue weighted by Crippen LogP contribution is 2.49. The molecule has 0 saturated carbocycles. The van der Waals surface area contributed by atoms with E-state index >= 15 is 0 Å². The first-order valence-electron chi connectivity index (χ1n) is 21.6. The van der Waals surface area contributed by atoms with Gasteiger partial charge in [-0.1, -0.05) is 140 Å². The zero-order chi connectivity index (χ0) is 40.9. The van der Waals surface area contributed by atoms with Gasteiger partial charge in [-0.25, -0.2) is 9.97 Å². The summed E-state index contributed by atoms with van der Waals surface area (Å²) in [4.78, 5) is 11.2. The second-order valence-electron chi connectivity index (χ2n) is 16.9. The third-order valence-corrected chi connectivity index (χ3v) is 13.7. The van der Waals surface area contributed by atoms with E-state index in [4.69, 9.17) is 9.97 Å². The van der Waals surface area contributed by atoms with Gasteiger partial charge in [-0.05, 0) is 87.9 Å². The summed E-state index contributed by atoms with van der Waals surface area (Å²) in [7, 11) is 0. The molecule has 0 aliphatic carbocycles. The molecule has 5 aromatic heterocycles. The smallest absolute Gasteiger partial charge is 0.235 e. The van der Waals surface area contributed by atoms with Crippen molar-refractivity contribution >= 4 is 103 Å². The Balaban J connectivity index is 1.11. The van der Waals surface area contributed by atoms with Crippen LogP contribution >= 0.6 is 0 Å². The second-order valence-corrected chi connectivity index (χ2v) is 16.9. The van der Waals surface area contributed by atoms with E-state index in [9.17, 15) is 0 Å². The van der Waals surface area contributed by atoms with Crippen molar-refractivity contribution in [2.75, 3.05) is 0 Å². The average molecular weight is 800 g/mol. The van der Waals surface area contributed by atoms with Crippen LogP contribution in [0.25, 0.3) is 137 Å². The number of hydrogen-bond donors (Lipinski definition) is 0. The van der Waals surface area contributed by atoms with E-state index in [0.717, 1.165) is 49.7 Å². The Bertz CT molecular complexity index is 4360. The molecule has 0 aliphatic rings. The molecular weight excluding hydrogens is 767 g/mol. The largest absolute Gasteiger partial charge is 0.309 e. The summed E-state index contributed by atoms with van der Waals surface area (Å²) in [6.07, 6.45) is 0. The summed E-state index contributed by atoms with van der Waals surface area (Å²) in [6, 6.07) is 72.8. The SMILES string of the molecule is c1ccc(-c2ccc(-n3c4ccc5c6c4c4c3cccc4n3c4ccccc4c4ccc(c6c43)n5-c3nc(-c4ccc5ccccc5c4)c4ccc5ccccc5c4n3)cc2)cc1. The molecular formula is C58H33N5. The van der Waals surface area contributed by atoms with Gasteiger partial charge in [0.2, 0.25) is 5.95 Å². The van der Waals surface area contributed by atoms with Gasteiger partial charge in [-0.15, -0.1) is 0 Å². The lowest BCUT2D eigenvalue weighted by atomic mass is 10.00. The Hall–Kier alpha value is -8.54. The molecule has 5 heteroatoms. The van der Waals surface area contributed by atoms with E-state index in [-0.39, 0.29) is 0 Å². The number of aromatic nitrogens is 5. The van der Waals surface area contributed by atoms with Crippen molar-refractivity contribution in [3.63, 3.8) is 0 Å². The van der Waals surface area contributed by atoms with Crippen molar-refractivity contribution in [1.29, 1.82) is 0 Å². The first-order valence-corrected chi connectivity index (χ1v) is 21.6. The number of rotatable bonds is 4. The summed E-state index contributed by atoms with van der Waals surface area (Å²) in [6.45, 7) is 0. The van der Waals surface area contributed by atoms with Crippen LogP contribution in [0.15, 0.2) is 200 Å². The summed E-state index contributed by atoms with van der Waals surface area (Å²) in [5, 5.41) is 13.1. The molecule has 15 rings (SSSR count). The molecule has 0 fully saturated rings. The van der Waals surface area contributed by atoms with Crippen LogP contribution in [0.1, 0.15) is 0 Å². The van der Waals surface area contributed by atoms with E-state index in [1.165, 1.54) is 81.8 Å². The zero-order valence-corrected chi connectivity index (χ0v) is 33.8. The maximum atomic E-state index is 5.63. The molecule has 0 bridgehead atoms. The van der Waals surface area contributed by atoms with Gasteiger partial charge in [0.15, 0.2) is 0 Å². The Morgan fingerprint density at radius 2 is 0.921 bits per heavy atom. The van der Waals surface area contributed by atoms with E-state index in [0.29, 0.717) is 5.95 Å². The van der Waals surface area contributed by atoms with Crippen LogP contribution in [-0.4, -0.2) is 23.5 Å². The van der Waals surface area contributed by atoms with Crippen LogP contribution in [0.3, 0.4) is 0 Å². The first kappa shape index (κ1) is 33.2. The number of fused-ring (bicyclic) bond motifs is 8. The van der Waals surface area contributed by atoms with Crippen molar-refractivity contribution in [3.05, 3.63) is 200 Å². The topological polar surface area (TPSA) is 40.0 Å². The zero-order valence-electron chi connectivity index (χ0n) is 33.8. The van der Waals surface area contributed by atoms with E-state index in [2.05, 4.69) is 214 Å². The molecule has 0 radical (unpaired) electrons. The van der Waals surface area contributed by atoms with Crippen LogP contribution < -0.4 is 0 Å². The first-order chi connectivity index (χ1) is 31.3. The lowest BCUT2D eigenvalue weighted by molar-refractivity contribution is 1.02. The highest BCUT2D eigenvalue weighted by Gasteiger charge is 2.28. The molecule has 0 saturated heterocycles. The fourth-order valence-electron chi connectivity index (χ4n) is 11.0. The van der Waals surface area contributed by atoms with Gasteiger partial charge < -0.3 is 8.97 Å². The van der Waals surface area contributed by atoms with Crippen molar-refractivity contribution in [2.45, 2.75) is 0 Å². The number of nitrogens with zero attached hydrogens (tertiary/aromatic N) is 5. The molecule has 0 atom stereocenters. The monoisotopic (exact) mass is 799 g/mol. The molecule has 0 unspecified atom stereocenters. The summed E-state index contributed by atoms with van der Waals surface area (Å²) in [5.74, 6) is 0.657. The van der Waals surface area contributed by atoms with Crippen molar-refractivity contribution in [3.8, 4) is 34.0 Å². The minimum atomic E-state index is 0.657. The van der Waals surface area contributed by atoms with Crippen LogP contribution in [0.5, 0.6) is 0 Å². The fraction of sp³-hybridized carbons (Fsp3) is 0. The molecule has 63 heavy (non-hydrogen) atoms. The lowest BCUT2D eigenvalue weighted by Gasteiger charge is -2.14. The van der Waals surface area contributed by atoms with E-state index < -0.39 is 0 Å². The van der Waals surface area contributed by atoms with Gasteiger partial charge in [0.05, 0.1) is 49.8 Å². The van der Waals surface area contributed by atoms with Gasteiger partial charge in [0.25, 0.3) is 0 Å². The Morgan fingerprint density at radius 1 is 0.317 bits per heavy atom. The standard InChI is InChI=1S/C58H33N5/c1-2-11-34(12-3-1)36-23-26-40(27-24-36)61-46-19-10-20-47-51(46)52-48(61)31-32-49-53(52)54-50(30-29-43-42-17-8-9-18-45(42)62(47)57(43)54)63(49)58-59-55(39-22-21-35-13-4-5-15-38(35)33-39)44-28-25-37-14-6-7-16-41(37)56(44)60-58/h1-33H. The minimum absolute atomic E-state index is 0.657. The van der Waals surface area contributed by atoms with Crippen LogP contribution in [-0.2, 0) is 0 Å². The maximum Gasteiger partial charge on any atom is 0.235 e. The summed E-state index contributed by atoms with van der Waals surface area (Å²) >= 11 is 0. The van der Waals surface area contributed by atoms with Crippen molar-refractivity contribution < 1.29 is 0 Å². The van der Waals surface area contributed by atoms with Gasteiger partial charge in [0.1, 0.15) is 0 Å². The summed E-state index contributed by atoms with van der Waals surface area (Å²) in [5.41, 5.74) is 14.6. The van der Waals surface area contributed by atoms with Crippen LogP contribution in [0.4, 0.5) is 0 Å². The molecule has 290 valence electrons. The second kappa shape index (κ2) is 12.1. The van der Waals surface area contributed by atoms with Gasteiger partial charge in [0, 0.05) is 54.3 Å². The predicted molar refractivity (Wildman–Crippen MR) is 262 cm³/mol. The van der Waals surface area contributed by atoms with E-state index in [1.54, 1.807) is 0 Å². The quantitative estimate of drug-likeness (QED) is 0.166. The van der Waals surface area contributed by atoms with Gasteiger partial charge >= 0.3 is 0 Å². The normalized spacial score (nSPS) is 12.4. The van der Waals surface area contributed by atoms with Crippen molar-refractivity contribution in [2.24, 2.45) is 0 Å². The molecule has 5 nitrogen and oxygen atoms in total. The molecule has 15 aromatic rings. The fourth-order valence-corrected chi connectivity index (χ4v) is 11.0. The Kier molecular flexibility index (Phi) is 6.36. The molecule has 0 N–H and O–H groups in total. The predicted octanol–water partition coefficient (Wildman–Crippen LogP) is 14.9. The van der Waals surface area contributed by atoms with Crippen LogP contribution in [0.2, 0.25) is 0 Å². The Labute approximate surface area is 359 Å². The third-order valence-electron chi connectivity index (χ3n) is 13.7. The lowest BCUT2D eigenvalue weighted by Crippen LogP contribution is -2.04.